The van der Waals surface area contributed by atoms with Crippen LogP contribution >= 0.6 is 0 Å². The Kier molecular flexibility index (Phi) is 5.19. The molecule has 1 amide bonds. The summed E-state index contributed by atoms with van der Waals surface area (Å²) in [6, 6.07) is -0.442. The van der Waals surface area contributed by atoms with E-state index in [1.165, 1.54) is 12.8 Å². The zero-order valence-corrected chi connectivity index (χ0v) is 11.7. The molecule has 0 aromatic carbocycles. The van der Waals surface area contributed by atoms with Crippen LogP contribution in [0, 0.1) is 5.92 Å². The lowest BCUT2D eigenvalue weighted by Crippen LogP contribution is -2.57. The lowest BCUT2D eigenvalue weighted by Gasteiger charge is -2.35. The van der Waals surface area contributed by atoms with Gasteiger partial charge in [0.15, 0.2) is 0 Å². The van der Waals surface area contributed by atoms with Crippen molar-refractivity contribution in [2.45, 2.75) is 45.1 Å². The van der Waals surface area contributed by atoms with Gasteiger partial charge in [-0.15, -0.1) is 0 Å². The number of hydrogen-bond acceptors (Lipinski definition) is 4. The number of nitrogens with one attached hydrogen (secondary N) is 1. The van der Waals surface area contributed by atoms with Crippen LogP contribution in [0.5, 0.6) is 0 Å². The molecule has 1 heterocycles. The first-order valence-electron chi connectivity index (χ1n) is 7.39. The maximum absolute atomic E-state index is 12.4. The second-order valence-corrected chi connectivity index (χ2v) is 5.41. The molecular weight excluding hydrogens is 244 g/mol. The van der Waals surface area contributed by atoms with E-state index in [0.717, 1.165) is 19.4 Å². The molecule has 1 aliphatic carbocycles. The average Bonchev–Trinajstić information content (AvgIpc) is 2.92. The van der Waals surface area contributed by atoms with Crippen LogP contribution in [0.3, 0.4) is 0 Å². The van der Waals surface area contributed by atoms with E-state index in [0.29, 0.717) is 32.0 Å². The van der Waals surface area contributed by atoms with Gasteiger partial charge in [0, 0.05) is 26.1 Å². The topological polar surface area (TPSA) is 58.6 Å². The maximum Gasteiger partial charge on any atom is 0.330 e. The standard InChI is InChI=1S/C14H24N2O3/c1-2-19-14(18)12-10-15-7-8-16(12)13(17)9-11-5-3-4-6-11/h11-12,15H,2-10H2,1H3. The van der Waals surface area contributed by atoms with Crippen LogP contribution in [0.15, 0.2) is 0 Å². The second kappa shape index (κ2) is 6.89. The molecule has 2 aliphatic rings. The van der Waals surface area contributed by atoms with E-state index >= 15 is 0 Å². The summed E-state index contributed by atoms with van der Waals surface area (Å²) >= 11 is 0. The Morgan fingerprint density at radius 1 is 1.32 bits per heavy atom. The molecule has 1 N–H and O–H groups in total. The summed E-state index contributed by atoms with van der Waals surface area (Å²) in [7, 11) is 0. The maximum atomic E-state index is 12.4. The number of carbonyl (C=O) groups is 2. The Bertz CT molecular complexity index is 327. The SMILES string of the molecule is CCOC(=O)C1CNCCN1C(=O)CC1CCCC1. The van der Waals surface area contributed by atoms with Crippen molar-refractivity contribution in [2.75, 3.05) is 26.2 Å². The largest absolute Gasteiger partial charge is 0.464 e. The van der Waals surface area contributed by atoms with Gasteiger partial charge in [0.05, 0.1) is 6.61 Å². The number of amides is 1. The van der Waals surface area contributed by atoms with E-state index in [9.17, 15) is 9.59 Å². The van der Waals surface area contributed by atoms with Gasteiger partial charge in [0.25, 0.3) is 0 Å². The Morgan fingerprint density at radius 3 is 2.74 bits per heavy atom. The third-order valence-electron chi connectivity index (χ3n) is 4.06. The molecule has 2 rings (SSSR count). The predicted molar refractivity (Wildman–Crippen MR) is 71.6 cm³/mol. The fraction of sp³-hybridized carbons (Fsp3) is 0.857. The van der Waals surface area contributed by atoms with Crippen molar-refractivity contribution < 1.29 is 14.3 Å². The van der Waals surface area contributed by atoms with Gasteiger partial charge in [-0.2, -0.15) is 0 Å². The van der Waals surface area contributed by atoms with Crippen molar-refractivity contribution in [3.8, 4) is 0 Å². The first kappa shape index (κ1) is 14.3. The summed E-state index contributed by atoms with van der Waals surface area (Å²) in [6.45, 7) is 4.02. The van der Waals surface area contributed by atoms with Gasteiger partial charge in [-0.25, -0.2) is 4.79 Å². The smallest absolute Gasteiger partial charge is 0.330 e. The van der Waals surface area contributed by atoms with Gasteiger partial charge in [0.1, 0.15) is 6.04 Å². The number of hydrogen-bond donors (Lipinski definition) is 1. The molecule has 0 bridgehead atoms. The molecule has 0 radical (unpaired) electrons. The zero-order chi connectivity index (χ0) is 13.7. The summed E-state index contributed by atoms with van der Waals surface area (Å²) in [4.78, 5) is 26.0. The number of rotatable bonds is 4. The Labute approximate surface area is 114 Å². The molecule has 5 heteroatoms. The van der Waals surface area contributed by atoms with Crippen LogP contribution in [0.2, 0.25) is 0 Å². The van der Waals surface area contributed by atoms with Crippen molar-refractivity contribution in [1.82, 2.24) is 10.2 Å². The molecule has 1 saturated heterocycles. The molecule has 5 nitrogen and oxygen atoms in total. The highest BCUT2D eigenvalue weighted by Crippen LogP contribution is 2.28. The van der Waals surface area contributed by atoms with Crippen molar-refractivity contribution in [2.24, 2.45) is 5.92 Å². The molecule has 2 fully saturated rings. The summed E-state index contributed by atoms with van der Waals surface area (Å²) in [6.07, 6.45) is 5.38. The summed E-state index contributed by atoms with van der Waals surface area (Å²) < 4.78 is 5.06. The highest BCUT2D eigenvalue weighted by atomic mass is 16.5. The number of carbonyl (C=O) groups excluding carboxylic acids is 2. The summed E-state index contributed by atoms with van der Waals surface area (Å²) in [5.41, 5.74) is 0. The number of nitrogens with zero attached hydrogens (tertiary/aromatic N) is 1. The first-order chi connectivity index (χ1) is 9.22. The van der Waals surface area contributed by atoms with E-state index in [2.05, 4.69) is 5.32 Å². The van der Waals surface area contributed by atoms with Gasteiger partial charge < -0.3 is 15.0 Å². The van der Waals surface area contributed by atoms with Crippen molar-refractivity contribution in [3.05, 3.63) is 0 Å². The fourth-order valence-corrected chi connectivity index (χ4v) is 3.03. The van der Waals surface area contributed by atoms with Gasteiger partial charge >= 0.3 is 5.97 Å². The third-order valence-corrected chi connectivity index (χ3v) is 4.06. The lowest BCUT2D eigenvalue weighted by molar-refractivity contribution is -0.156. The highest BCUT2D eigenvalue weighted by molar-refractivity contribution is 5.85. The number of esters is 1. The molecule has 19 heavy (non-hydrogen) atoms. The summed E-state index contributed by atoms with van der Waals surface area (Å²) in [5.74, 6) is 0.353. The Morgan fingerprint density at radius 2 is 2.05 bits per heavy atom. The fourth-order valence-electron chi connectivity index (χ4n) is 3.03. The Hall–Kier alpha value is -1.10. The molecule has 1 unspecified atom stereocenters. The quantitative estimate of drug-likeness (QED) is 0.771. The monoisotopic (exact) mass is 268 g/mol. The van der Waals surface area contributed by atoms with Crippen molar-refractivity contribution in [1.29, 1.82) is 0 Å². The summed E-state index contributed by atoms with van der Waals surface area (Å²) in [5, 5.41) is 3.16. The van der Waals surface area contributed by atoms with Gasteiger partial charge in [-0.1, -0.05) is 12.8 Å². The van der Waals surface area contributed by atoms with Crippen LogP contribution in [-0.2, 0) is 14.3 Å². The molecule has 0 aromatic rings. The molecule has 0 spiro atoms. The highest BCUT2D eigenvalue weighted by Gasteiger charge is 2.34. The lowest BCUT2D eigenvalue weighted by atomic mass is 10.0. The molecule has 0 aromatic heterocycles. The average molecular weight is 268 g/mol. The normalized spacial score (nSPS) is 24.5. The molecule has 1 atom stereocenters. The molecule has 1 aliphatic heterocycles. The van der Waals surface area contributed by atoms with Crippen LogP contribution in [0.1, 0.15) is 39.0 Å². The van der Waals surface area contributed by atoms with Crippen LogP contribution in [-0.4, -0.2) is 49.1 Å². The van der Waals surface area contributed by atoms with Gasteiger partial charge in [-0.05, 0) is 25.7 Å². The Balaban J connectivity index is 1.93. The predicted octanol–water partition coefficient (Wildman–Crippen LogP) is 0.930. The van der Waals surface area contributed by atoms with Crippen LogP contribution in [0.4, 0.5) is 0 Å². The number of ether oxygens (including phenoxy) is 1. The van der Waals surface area contributed by atoms with E-state index in [4.69, 9.17) is 4.74 Å². The minimum Gasteiger partial charge on any atom is -0.464 e. The van der Waals surface area contributed by atoms with Crippen LogP contribution < -0.4 is 5.32 Å². The van der Waals surface area contributed by atoms with Gasteiger partial charge in [-0.3, -0.25) is 4.79 Å². The van der Waals surface area contributed by atoms with Crippen molar-refractivity contribution >= 4 is 11.9 Å². The van der Waals surface area contributed by atoms with E-state index in [-0.39, 0.29) is 11.9 Å². The molecule has 1 saturated carbocycles. The van der Waals surface area contributed by atoms with Gasteiger partial charge in [0.2, 0.25) is 5.91 Å². The number of piperazine rings is 1. The first-order valence-corrected chi connectivity index (χ1v) is 7.39. The second-order valence-electron chi connectivity index (χ2n) is 5.41. The molecular formula is C14H24N2O3. The van der Waals surface area contributed by atoms with Crippen LogP contribution in [0.25, 0.3) is 0 Å². The minimum absolute atomic E-state index is 0.117. The minimum atomic E-state index is -0.442. The molecule has 108 valence electrons. The zero-order valence-electron chi connectivity index (χ0n) is 11.7. The third kappa shape index (κ3) is 3.69. The van der Waals surface area contributed by atoms with E-state index < -0.39 is 6.04 Å². The van der Waals surface area contributed by atoms with E-state index in [1.807, 2.05) is 0 Å². The van der Waals surface area contributed by atoms with Crippen molar-refractivity contribution in [3.63, 3.8) is 0 Å². The van der Waals surface area contributed by atoms with E-state index in [1.54, 1.807) is 11.8 Å².